The molecule has 1 rings (SSSR count). The molecule has 1 atom stereocenters. The summed E-state index contributed by atoms with van der Waals surface area (Å²) < 4.78 is 0. The molecule has 0 heterocycles. The smallest absolute Gasteiger partial charge is 0.121 e. The van der Waals surface area contributed by atoms with Crippen LogP contribution in [0.4, 0.5) is 0 Å². The van der Waals surface area contributed by atoms with Crippen molar-refractivity contribution in [2.75, 3.05) is 19.7 Å². The summed E-state index contributed by atoms with van der Waals surface area (Å²) in [6.07, 6.45) is 4.59. The van der Waals surface area contributed by atoms with Gasteiger partial charge in [0.1, 0.15) is 5.75 Å². The summed E-state index contributed by atoms with van der Waals surface area (Å²) in [6.45, 7) is 1.33. The number of nitrogens with one attached hydrogen (secondary N) is 1. The summed E-state index contributed by atoms with van der Waals surface area (Å²) in [5.74, 6) is 0.0456. The normalized spacial score (nSPS) is 12.5. The van der Waals surface area contributed by atoms with Crippen molar-refractivity contribution in [1.82, 2.24) is 5.32 Å². The molecule has 0 saturated carbocycles. The highest BCUT2D eigenvalue weighted by atomic mass is 16.3. The molecule has 0 spiro atoms. The maximum absolute atomic E-state index is 10.1. The van der Waals surface area contributed by atoms with Crippen LogP contribution in [0.1, 0.15) is 49.3 Å². The minimum atomic E-state index is -0.648. The van der Waals surface area contributed by atoms with E-state index in [1.54, 1.807) is 12.1 Å². The lowest BCUT2D eigenvalue weighted by atomic mass is 10.1. The second-order valence-electron chi connectivity index (χ2n) is 5.26. The zero-order chi connectivity index (χ0) is 15.5. The van der Waals surface area contributed by atoms with Crippen molar-refractivity contribution in [3.63, 3.8) is 0 Å². The van der Waals surface area contributed by atoms with Gasteiger partial charge >= 0.3 is 0 Å². The van der Waals surface area contributed by atoms with Gasteiger partial charge < -0.3 is 25.7 Å². The molecule has 5 nitrogen and oxygen atoms in total. The van der Waals surface area contributed by atoms with Crippen molar-refractivity contribution in [2.45, 2.75) is 44.8 Å². The van der Waals surface area contributed by atoms with Crippen molar-refractivity contribution in [3.8, 4) is 5.75 Å². The van der Waals surface area contributed by atoms with Gasteiger partial charge in [0.2, 0.25) is 0 Å². The number of rotatable bonds is 11. The maximum Gasteiger partial charge on any atom is 0.121 e. The van der Waals surface area contributed by atoms with Crippen molar-refractivity contribution in [2.24, 2.45) is 0 Å². The third-order valence-corrected chi connectivity index (χ3v) is 3.51. The fraction of sp³-hybridized carbons (Fsp3) is 0.625. The van der Waals surface area contributed by atoms with Crippen LogP contribution in [0.25, 0.3) is 0 Å². The number of aliphatic hydroxyl groups is 3. The largest absolute Gasteiger partial charge is 0.508 e. The molecule has 0 aliphatic heterocycles. The number of aliphatic hydroxyl groups excluding tert-OH is 3. The fourth-order valence-electron chi connectivity index (χ4n) is 2.19. The highest BCUT2D eigenvalue weighted by Gasteiger charge is 2.09. The molecule has 0 radical (unpaired) electrons. The number of hydrogen-bond donors (Lipinski definition) is 5. The zero-order valence-corrected chi connectivity index (χ0v) is 12.5. The Morgan fingerprint density at radius 1 is 1.00 bits per heavy atom. The van der Waals surface area contributed by atoms with Crippen LogP contribution in [0.2, 0.25) is 0 Å². The van der Waals surface area contributed by atoms with Gasteiger partial charge in [-0.15, -0.1) is 0 Å². The first kappa shape index (κ1) is 17.9. The summed E-state index contributed by atoms with van der Waals surface area (Å²) in [6, 6.07) is 4.78. The minimum Gasteiger partial charge on any atom is -0.508 e. The number of benzene rings is 1. The van der Waals surface area contributed by atoms with Gasteiger partial charge in [0.25, 0.3) is 0 Å². The quantitative estimate of drug-likeness (QED) is 0.399. The van der Waals surface area contributed by atoms with Crippen molar-refractivity contribution in [1.29, 1.82) is 0 Å². The molecule has 0 aromatic heterocycles. The molecule has 1 aromatic rings. The predicted molar refractivity (Wildman–Crippen MR) is 82.0 cm³/mol. The Kier molecular flexibility index (Phi) is 9.01. The highest BCUT2D eigenvalue weighted by molar-refractivity contribution is 5.36. The van der Waals surface area contributed by atoms with Gasteiger partial charge in [0.15, 0.2) is 0 Å². The zero-order valence-electron chi connectivity index (χ0n) is 12.5. The van der Waals surface area contributed by atoms with Crippen LogP contribution >= 0.6 is 0 Å². The molecule has 5 N–H and O–H groups in total. The van der Waals surface area contributed by atoms with Crippen LogP contribution in [0.5, 0.6) is 5.75 Å². The van der Waals surface area contributed by atoms with Crippen LogP contribution in [-0.4, -0.2) is 40.1 Å². The second-order valence-corrected chi connectivity index (χ2v) is 5.26. The average Bonchev–Trinajstić information content (AvgIpc) is 2.50. The van der Waals surface area contributed by atoms with Gasteiger partial charge in [-0.05, 0) is 37.1 Å². The lowest BCUT2D eigenvalue weighted by Crippen LogP contribution is -2.22. The predicted octanol–water partition coefficient (Wildman–Crippen LogP) is 1.45. The molecular formula is C16H27NO4. The summed E-state index contributed by atoms with van der Waals surface area (Å²) in [5, 5.41) is 40.5. The van der Waals surface area contributed by atoms with Crippen LogP contribution < -0.4 is 5.32 Å². The van der Waals surface area contributed by atoms with E-state index in [0.29, 0.717) is 17.7 Å². The van der Waals surface area contributed by atoms with Gasteiger partial charge in [0, 0.05) is 18.7 Å². The first-order valence-corrected chi connectivity index (χ1v) is 7.61. The Morgan fingerprint density at radius 3 is 2.43 bits per heavy atom. The van der Waals surface area contributed by atoms with Crippen LogP contribution in [0, 0.1) is 0 Å². The Balaban J connectivity index is 2.20. The van der Waals surface area contributed by atoms with Crippen molar-refractivity contribution < 1.29 is 20.4 Å². The van der Waals surface area contributed by atoms with Crippen molar-refractivity contribution >= 4 is 0 Å². The molecule has 5 heteroatoms. The highest BCUT2D eigenvalue weighted by Crippen LogP contribution is 2.22. The lowest BCUT2D eigenvalue weighted by Gasteiger charge is -2.13. The van der Waals surface area contributed by atoms with Crippen LogP contribution in [0.3, 0.4) is 0 Å². The van der Waals surface area contributed by atoms with Crippen molar-refractivity contribution in [3.05, 3.63) is 29.3 Å². The van der Waals surface area contributed by atoms with E-state index in [2.05, 4.69) is 5.32 Å². The molecule has 0 unspecified atom stereocenters. The monoisotopic (exact) mass is 297 g/mol. The number of phenols is 1. The van der Waals surface area contributed by atoms with Gasteiger partial charge in [-0.25, -0.2) is 0 Å². The van der Waals surface area contributed by atoms with Crippen LogP contribution in [0.15, 0.2) is 18.2 Å². The topological polar surface area (TPSA) is 93.0 Å². The summed E-state index contributed by atoms with van der Waals surface area (Å²) >= 11 is 0. The standard InChI is InChI=1S/C16H27NO4/c18-9-5-3-1-2-4-8-17-11-16(21)13-6-7-15(20)14(10-13)12-19/h6-7,10,16-21H,1-5,8-9,11-12H2/t16-/m0/s1. The van der Waals surface area contributed by atoms with Crippen LogP contribution in [-0.2, 0) is 6.61 Å². The molecule has 120 valence electrons. The molecule has 0 saturated heterocycles. The molecule has 21 heavy (non-hydrogen) atoms. The van der Waals surface area contributed by atoms with E-state index in [1.807, 2.05) is 0 Å². The number of unbranched alkanes of at least 4 members (excludes halogenated alkanes) is 4. The SMILES string of the molecule is OCCCCCCCNC[C@H](O)c1ccc(O)c(CO)c1. The maximum atomic E-state index is 10.1. The first-order chi connectivity index (χ1) is 10.2. The Morgan fingerprint density at radius 2 is 1.71 bits per heavy atom. The average molecular weight is 297 g/mol. The first-order valence-electron chi connectivity index (χ1n) is 7.61. The fourth-order valence-corrected chi connectivity index (χ4v) is 2.19. The van der Waals surface area contributed by atoms with E-state index in [9.17, 15) is 10.2 Å². The Bertz CT molecular complexity index is 398. The lowest BCUT2D eigenvalue weighted by molar-refractivity contribution is 0.174. The second kappa shape index (κ2) is 10.6. The third-order valence-electron chi connectivity index (χ3n) is 3.51. The molecule has 0 fully saturated rings. The summed E-state index contributed by atoms with van der Waals surface area (Å²) in [7, 11) is 0. The Labute approximate surface area is 126 Å². The van der Waals surface area contributed by atoms with Gasteiger partial charge in [0.05, 0.1) is 12.7 Å². The van der Waals surface area contributed by atoms with E-state index in [1.165, 1.54) is 6.07 Å². The summed E-state index contributed by atoms with van der Waals surface area (Å²) in [5.41, 5.74) is 1.11. The van der Waals surface area contributed by atoms with E-state index in [-0.39, 0.29) is 19.0 Å². The van der Waals surface area contributed by atoms with E-state index < -0.39 is 6.10 Å². The molecule has 1 aromatic carbocycles. The third kappa shape index (κ3) is 6.91. The number of hydrogen-bond acceptors (Lipinski definition) is 5. The van der Waals surface area contributed by atoms with Gasteiger partial charge in [-0.2, -0.15) is 0 Å². The molecule has 0 amide bonds. The molecule has 0 aliphatic carbocycles. The van der Waals surface area contributed by atoms with E-state index in [4.69, 9.17) is 10.2 Å². The molecule has 0 aliphatic rings. The van der Waals surface area contributed by atoms with E-state index >= 15 is 0 Å². The Hall–Kier alpha value is -1.14. The number of aromatic hydroxyl groups is 1. The minimum absolute atomic E-state index is 0.0456. The van der Waals surface area contributed by atoms with E-state index in [0.717, 1.165) is 38.6 Å². The van der Waals surface area contributed by atoms with Gasteiger partial charge in [-0.3, -0.25) is 0 Å². The summed E-state index contributed by atoms with van der Waals surface area (Å²) in [4.78, 5) is 0. The molecular weight excluding hydrogens is 270 g/mol. The molecule has 0 bridgehead atoms. The van der Waals surface area contributed by atoms with Gasteiger partial charge in [-0.1, -0.05) is 25.3 Å².